The Bertz CT molecular complexity index is 366. The van der Waals surface area contributed by atoms with Crippen LogP contribution in [0.1, 0.15) is 62.2 Å². The minimum atomic E-state index is 0.0991. The van der Waals surface area contributed by atoms with Crippen molar-refractivity contribution >= 4 is 0 Å². The quantitative estimate of drug-likeness (QED) is 0.816. The van der Waals surface area contributed by atoms with Gasteiger partial charge in [-0.15, -0.1) is 0 Å². The van der Waals surface area contributed by atoms with Gasteiger partial charge in [0.1, 0.15) is 0 Å². The Morgan fingerprint density at radius 3 is 2.67 bits per heavy atom. The predicted molar refractivity (Wildman–Crippen MR) is 66.3 cm³/mol. The smallest absolute Gasteiger partial charge is 0.229 e. The van der Waals surface area contributed by atoms with Crippen molar-refractivity contribution in [1.82, 2.24) is 15.5 Å². The molecule has 0 aromatic carbocycles. The predicted octanol–water partition coefficient (Wildman–Crippen LogP) is 2.17. The van der Waals surface area contributed by atoms with Gasteiger partial charge >= 0.3 is 0 Å². The summed E-state index contributed by atoms with van der Waals surface area (Å²) in [4.78, 5) is 4.58. The largest absolute Gasteiger partial charge is 0.378 e. The van der Waals surface area contributed by atoms with E-state index in [0.717, 1.165) is 24.9 Å². The number of rotatable bonds is 2. The Morgan fingerprint density at radius 1 is 1.11 bits per heavy atom. The molecule has 1 aromatic rings. The third-order valence-corrected chi connectivity index (χ3v) is 3.90. The molecule has 1 aliphatic heterocycles. The van der Waals surface area contributed by atoms with E-state index in [0.29, 0.717) is 12.5 Å². The minimum Gasteiger partial charge on any atom is -0.378 e. The second-order valence-corrected chi connectivity index (χ2v) is 5.26. The fourth-order valence-corrected chi connectivity index (χ4v) is 2.81. The van der Waals surface area contributed by atoms with Crippen LogP contribution in [-0.4, -0.2) is 29.9 Å². The molecule has 1 N–H and O–H groups in total. The average molecular weight is 251 g/mol. The zero-order chi connectivity index (χ0) is 12.2. The Labute approximate surface area is 107 Å². The van der Waals surface area contributed by atoms with E-state index in [4.69, 9.17) is 9.26 Å². The molecule has 1 saturated carbocycles. The van der Waals surface area contributed by atoms with Gasteiger partial charge in [-0.2, -0.15) is 4.98 Å². The van der Waals surface area contributed by atoms with E-state index in [1.807, 2.05) is 0 Å². The van der Waals surface area contributed by atoms with Crippen LogP contribution in [0.5, 0.6) is 0 Å². The lowest BCUT2D eigenvalue weighted by Crippen LogP contribution is -2.35. The van der Waals surface area contributed by atoms with E-state index in [-0.39, 0.29) is 6.04 Å². The topological polar surface area (TPSA) is 60.2 Å². The van der Waals surface area contributed by atoms with Crippen LogP contribution in [-0.2, 0) is 4.74 Å². The number of morpholine rings is 1. The van der Waals surface area contributed by atoms with E-state index in [1.54, 1.807) is 0 Å². The zero-order valence-electron chi connectivity index (χ0n) is 10.7. The number of hydrogen-bond donors (Lipinski definition) is 1. The van der Waals surface area contributed by atoms with Crippen LogP contribution >= 0.6 is 0 Å². The lowest BCUT2D eigenvalue weighted by atomic mass is 10.0. The summed E-state index contributed by atoms with van der Waals surface area (Å²) in [5.41, 5.74) is 0. The lowest BCUT2D eigenvalue weighted by molar-refractivity contribution is 0.0734. The fourth-order valence-electron chi connectivity index (χ4n) is 2.81. The highest BCUT2D eigenvalue weighted by molar-refractivity contribution is 4.99. The normalized spacial score (nSPS) is 27.0. The van der Waals surface area contributed by atoms with Crippen LogP contribution in [0, 0.1) is 0 Å². The fraction of sp³-hybridized carbons (Fsp3) is 0.846. The van der Waals surface area contributed by atoms with Crippen molar-refractivity contribution in [3.8, 4) is 0 Å². The molecule has 1 aromatic heterocycles. The van der Waals surface area contributed by atoms with Crippen molar-refractivity contribution in [1.29, 1.82) is 0 Å². The summed E-state index contributed by atoms with van der Waals surface area (Å²) < 4.78 is 10.9. The first-order valence-electron chi connectivity index (χ1n) is 7.08. The van der Waals surface area contributed by atoms with Crippen molar-refractivity contribution in [3.63, 3.8) is 0 Å². The summed E-state index contributed by atoms with van der Waals surface area (Å²) >= 11 is 0. The molecular weight excluding hydrogens is 230 g/mol. The van der Waals surface area contributed by atoms with E-state index in [1.165, 1.54) is 38.5 Å². The molecule has 0 radical (unpaired) electrons. The first-order valence-corrected chi connectivity index (χ1v) is 7.08. The first kappa shape index (κ1) is 12.1. The molecule has 1 saturated heterocycles. The van der Waals surface area contributed by atoms with E-state index < -0.39 is 0 Å². The molecule has 0 bridgehead atoms. The Hall–Kier alpha value is -0.940. The molecule has 100 valence electrons. The number of nitrogens with one attached hydrogen (secondary N) is 1. The van der Waals surface area contributed by atoms with Crippen molar-refractivity contribution in [3.05, 3.63) is 11.7 Å². The highest BCUT2D eigenvalue weighted by atomic mass is 16.5. The van der Waals surface area contributed by atoms with Crippen molar-refractivity contribution in [2.45, 2.75) is 50.5 Å². The van der Waals surface area contributed by atoms with Crippen LogP contribution in [0.4, 0.5) is 0 Å². The van der Waals surface area contributed by atoms with Gasteiger partial charge in [-0.1, -0.05) is 30.8 Å². The zero-order valence-corrected chi connectivity index (χ0v) is 10.7. The van der Waals surface area contributed by atoms with E-state index >= 15 is 0 Å². The van der Waals surface area contributed by atoms with Gasteiger partial charge in [0.05, 0.1) is 19.3 Å². The standard InChI is InChI=1S/C13H21N3O2/c1-2-4-6-10(5-3-1)13-15-12(16-18-13)11-9-17-8-7-14-11/h10-11,14H,1-9H2/t11-/m1/s1. The number of ether oxygens (including phenoxy) is 1. The first-order chi connectivity index (χ1) is 8.93. The Kier molecular flexibility index (Phi) is 3.90. The van der Waals surface area contributed by atoms with Crippen LogP contribution in [0.2, 0.25) is 0 Å². The molecule has 2 fully saturated rings. The molecule has 0 spiro atoms. The summed E-state index contributed by atoms with van der Waals surface area (Å²) in [7, 11) is 0. The van der Waals surface area contributed by atoms with Gasteiger partial charge in [-0.3, -0.25) is 0 Å². The van der Waals surface area contributed by atoms with Crippen molar-refractivity contribution in [2.75, 3.05) is 19.8 Å². The van der Waals surface area contributed by atoms with Gasteiger partial charge in [-0.05, 0) is 12.8 Å². The molecule has 2 heterocycles. The summed E-state index contributed by atoms with van der Waals surface area (Å²) in [5, 5.41) is 7.47. The molecular formula is C13H21N3O2. The van der Waals surface area contributed by atoms with Crippen molar-refractivity contribution < 1.29 is 9.26 Å². The highest BCUT2D eigenvalue weighted by Gasteiger charge is 2.25. The summed E-state index contributed by atoms with van der Waals surface area (Å²) in [6.45, 7) is 2.27. The summed E-state index contributed by atoms with van der Waals surface area (Å²) in [6.07, 6.45) is 7.64. The molecule has 0 amide bonds. The minimum absolute atomic E-state index is 0.0991. The third-order valence-electron chi connectivity index (χ3n) is 3.90. The van der Waals surface area contributed by atoms with Gasteiger partial charge in [0, 0.05) is 12.5 Å². The molecule has 2 aliphatic rings. The van der Waals surface area contributed by atoms with E-state index in [2.05, 4.69) is 15.5 Å². The van der Waals surface area contributed by atoms with Gasteiger partial charge in [0.2, 0.25) is 5.89 Å². The number of aromatic nitrogens is 2. The van der Waals surface area contributed by atoms with Gasteiger partial charge in [-0.25, -0.2) is 0 Å². The second-order valence-electron chi connectivity index (χ2n) is 5.26. The molecule has 0 unspecified atom stereocenters. The van der Waals surface area contributed by atoms with Gasteiger partial charge in [0.15, 0.2) is 5.82 Å². The maximum Gasteiger partial charge on any atom is 0.229 e. The van der Waals surface area contributed by atoms with Crippen LogP contribution in [0.15, 0.2) is 4.52 Å². The van der Waals surface area contributed by atoms with Crippen LogP contribution in [0.25, 0.3) is 0 Å². The SMILES string of the molecule is C1CCCC(c2nc([C@H]3COCCN3)no2)CC1. The third kappa shape index (κ3) is 2.72. The average Bonchev–Trinajstić information content (AvgIpc) is 2.76. The molecule has 5 nitrogen and oxygen atoms in total. The molecule has 1 aliphatic carbocycles. The molecule has 1 atom stereocenters. The maximum atomic E-state index is 5.46. The molecule has 5 heteroatoms. The van der Waals surface area contributed by atoms with E-state index in [9.17, 15) is 0 Å². The monoisotopic (exact) mass is 251 g/mol. The van der Waals surface area contributed by atoms with Gasteiger partial charge in [0.25, 0.3) is 0 Å². The Balaban J connectivity index is 1.67. The number of hydrogen-bond acceptors (Lipinski definition) is 5. The number of nitrogens with zero attached hydrogens (tertiary/aromatic N) is 2. The molecule has 18 heavy (non-hydrogen) atoms. The van der Waals surface area contributed by atoms with Crippen molar-refractivity contribution in [2.24, 2.45) is 0 Å². The maximum absolute atomic E-state index is 5.46. The lowest BCUT2D eigenvalue weighted by Gasteiger charge is -2.20. The van der Waals surface area contributed by atoms with Crippen LogP contribution in [0.3, 0.4) is 0 Å². The summed E-state index contributed by atoms with van der Waals surface area (Å²) in [5.74, 6) is 2.06. The molecule has 3 rings (SSSR count). The highest BCUT2D eigenvalue weighted by Crippen LogP contribution is 2.31. The van der Waals surface area contributed by atoms with Gasteiger partial charge < -0.3 is 14.6 Å². The second kappa shape index (κ2) is 5.80. The summed E-state index contributed by atoms with van der Waals surface area (Å²) in [6, 6.07) is 0.0991. The Morgan fingerprint density at radius 2 is 1.94 bits per heavy atom. The van der Waals surface area contributed by atoms with Crippen LogP contribution < -0.4 is 5.32 Å².